The van der Waals surface area contributed by atoms with Crippen molar-refractivity contribution in [3.8, 4) is 67.3 Å². The van der Waals surface area contributed by atoms with Crippen LogP contribution in [0.5, 0.6) is 0 Å². The van der Waals surface area contributed by atoms with E-state index in [2.05, 4.69) is 234 Å². The van der Waals surface area contributed by atoms with Crippen LogP contribution in [0, 0.1) is 0 Å². The number of benzene rings is 10. The van der Waals surface area contributed by atoms with Gasteiger partial charge in [-0.05, 0) is 158 Å². The van der Waals surface area contributed by atoms with Gasteiger partial charge in [-0.15, -0.1) is 22.1 Å². The van der Waals surface area contributed by atoms with Gasteiger partial charge in [0, 0.05) is 22.3 Å². The van der Waals surface area contributed by atoms with Gasteiger partial charge in [-0.2, -0.15) is 0 Å². The molecule has 10 aromatic carbocycles. The van der Waals surface area contributed by atoms with E-state index in [0.29, 0.717) is 0 Å². The molecule has 0 unspecified atom stereocenters. The molecule has 8 bridgehead atoms. The van der Waals surface area contributed by atoms with Crippen LogP contribution in [0.3, 0.4) is 0 Å². The summed E-state index contributed by atoms with van der Waals surface area (Å²) >= 11 is 0. The van der Waals surface area contributed by atoms with Crippen LogP contribution in [-0.2, 0) is 20.4 Å². The van der Waals surface area contributed by atoms with Crippen LogP contribution in [0.15, 0.2) is 206 Å². The summed E-state index contributed by atoms with van der Waals surface area (Å²) in [4.78, 5) is 24.2. The predicted octanol–water partition coefficient (Wildman–Crippen LogP) is 18.7. The van der Waals surface area contributed by atoms with Crippen molar-refractivity contribution >= 4 is 86.7 Å². The van der Waals surface area contributed by atoms with E-state index in [0.717, 1.165) is 144 Å². The first kappa shape index (κ1) is 45.2. The summed E-state index contributed by atoms with van der Waals surface area (Å²) < 4.78 is 0. The number of hydrogen-bond acceptors (Lipinski definition) is 2. The number of nitrogens with zero attached hydrogens (tertiary/aromatic N) is 4. The molecule has 4 nitrogen and oxygen atoms in total. The molecule has 0 saturated heterocycles. The van der Waals surface area contributed by atoms with E-state index in [4.69, 9.17) is 19.9 Å². The number of rotatable bonds is 4. The van der Waals surface area contributed by atoms with Gasteiger partial charge >= 0.3 is 20.4 Å². The Bertz CT molecular complexity index is 4420. The van der Waals surface area contributed by atoms with Crippen molar-refractivity contribution in [2.24, 2.45) is 0 Å². The number of fused-ring (bicyclic) bond motifs is 24. The average molecular weight is 1050 g/mol. The molecule has 2 aliphatic heterocycles. The zero-order valence-electron chi connectivity index (χ0n) is 41.9. The molecular weight excluding hydrogens is 1000 g/mol. The summed E-state index contributed by atoms with van der Waals surface area (Å²) in [7, 11) is 0. The molecule has 3 aromatic heterocycles. The van der Waals surface area contributed by atoms with Gasteiger partial charge in [0.25, 0.3) is 0 Å². The predicted molar refractivity (Wildman–Crippen MR) is 312 cm³/mol. The molecular formula is C70H48N4Pd. The molecule has 358 valence electrons. The maximum absolute atomic E-state index is 6.08. The van der Waals surface area contributed by atoms with Gasteiger partial charge < -0.3 is 9.97 Å². The second kappa shape index (κ2) is 17.3. The molecule has 5 heterocycles. The van der Waals surface area contributed by atoms with Crippen LogP contribution in [0.1, 0.15) is 50.7 Å². The fraction of sp³-hybridized carbons (Fsp3) is 0.0857. The minimum Gasteiger partial charge on any atom is -0.656 e. The summed E-state index contributed by atoms with van der Waals surface area (Å²) in [5, 5.41) is 13.7. The summed E-state index contributed by atoms with van der Waals surface area (Å²) in [6.45, 7) is 9.22. The summed E-state index contributed by atoms with van der Waals surface area (Å²) in [5.41, 5.74) is 18.1. The van der Waals surface area contributed by atoms with Crippen LogP contribution in [0.25, 0.3) is 154 Å². The molecule has 0 amide bonds. The Morgan fingerprint density at radius 3 is 0.853 bits per heavy atom. The largest absolute Gasteiger partial charge is 2.00 e. The van der Waals surface area contributed by atoms with Crippen LogP contribution < -0.4 is 9.97 Å². The molecule has 0 saturated carbocycles. The molecule has 15 rings (SSSR count). The Morgan fingerprint density at radius 1 is 0.293 bits per heavy atom. The topological polar surface area (TPSA) is 54.0 Å². The third kappa shape index (κ3) is 6.92. The van der Waals surface area contributed by atoms with Gasteiger partial charge in [0.05, 0.1) is 22.8 Å². The SMILES string of the molecule is CC(C)c1c2nc(c(C(C)C)c3[n-]c(c(-c4ccccc4)c4nc(c(-c5ccccc5)c5[n-]c1c1cc6ccccc6cc51)-c1cc5ccccc5cc1-4)c1cc4ccccc4cc31)-c1cc3ccccc3cc1-2.[Pd+2]. The van der Waals surface area contributed by atoms with Gasteiger partial charge in [0.1, 0.15) is 0 Å². The van der Waals surface area contributed by atoms with Crippen molar-refractivity contribution in [3.05, 3.63) is 217 Å². The minimum absolute atomic E-state index is 0. The summed E-state index contributed by atoms with van der Waals surface area (Å²) in [6.07, 6.45) is 0. The van der Waals surface area contributed by atoms with Crippen molar-refractivity contribution in [2.75, 3.05) is 0 Å². The molecule has 0 aliphatic carbocycles. The molecule has 0 fully saturated rings. The van der Waals surface area contributed by atoms with Gasteiger partial charge in [0.2, 0.25) is 0 Å². The quantitative estimate of drug-likeness (QED) is 0.165. The molecule has 0 atom stereocenters. The van der Waals surface area contributed by atoms with Crippen molar-refractivity contribution in [3.63, 3.8) is 0 Å². The first-order valence-electron chi connectivity index (χ1n) is 25.9. The normalized spacial score (nSPS) is 12.1. The fourth-order valence-electron chi connectivity index (χ4n) is 12.3. The molecule has 0 radical (unpaired) electrons. The average Bonchev–Trinajstić information content (AvgIpc) is 4.18. The first-order chi connectivity index (χ1) is 36.3. The first-order valence-corrected chi connectivity index (χ1v) is 25.9. The maximum atomic E-state index is 6.08. The Balaban J connectivity index is 0.00000516. The molecule has 13 aromatic rings. The van der Waals surface area contributed by atoms with Crippen LogP contribution in [-0.4, -0.2) is 9.97 Å². The third-order valence-electron chi connectivity index (χ3n) is 15.7. The monoisotopic (exact) mass is 1050 g/mol. The minimum atomic E-state index is 0. The van der Waals surface area contributed by atoms with E-state index >= 15 is 0 Å². The van der Waals surface area contributed by atoms with Crippen LogP contribution in [0.2, 0.25) is 0 Å². The molecule has 5 heteroatoms. The molecule has 2 aliphatic rings. The van der Waals surface area contributed by atoms with Crippen LogP contribution in [0.4, 0.5) is 0 Å². The van der Waals surface area contributed by atoms with E-state index in [1.165, 1.54) is 21.5 Å². The van der Waals surface area contributed by atoms with Gasteiger partial charge in [-0.1, -0.05) is 185 Å². The molecule has 0 spiro atoms. The maximum Gasteiger partial charge on any atom is 2.00 e. The van der Waals surface area contributed by atoms with Gasteiger partial charge in [-0.25, -0.2) is 9.97 Å². The second-order valence-corrected chi connectivity index (χ2v) is 20.8. The zero-order valence-corrected chi connectivity index (χ0v) is 43.4. The Kier molecular flexibility index (Phi) is 10.4. The number of hydrogen-bond donors (Lipinski definition) is 0. The molecule has 75 heavy (non-hydrogen) atoms. The fourth-order valence-corrected chi connectivity index (χ4v) is 12.3. The van der Waals surface area contributed by atoms with Gasteiger partial charge in [0.15, 0.2) is 0 Å². The second-order valence-electron chi connectivity index (χ2n) is 20.8. The Labute approximate surface area is 448 Å². The Morgan fingerprint density at radius 2 is 0.547 bits per heavy atom. The van der Waals surface area contributed by atoms with E-state index < -0.39 is 0 Å². The smallest absolute Gasteiger partial charge is 0.656 e. The van der Waals surface area contributed by atoms with Gasteiger partial charge in [-0.3, -0.25) is 0 Å². The molecule has 0 N–H and O–H groups in total. The van der Waals surface area contributed by atoms with E-state index in [1.807, 2.05) is 0 Å². The van der Waals surface area contributed by atoms with E-state index in [1.54, 1.807) is 0 Å². The van der Waals surface area contributed by atoms with E-state index in [9.17, 15) is 0 Å². The summed E-state index contributed by atoms with van der Waals surface area (Å²) in [6, 6.07) is 75.4. The van der Waals surface area contributed by atoms with Crippen molar-refractivity contribution < 1.29 is 20.4 Å². The van der Waals surface area contributed by atoms with Crippen molar-refractivity contribution in [2.45, 2.75) is 39.5 Å². The third-order valence-corrected chi connectivity index (χ3v) is 15.7. The van der Waals surface area contributed by atoms with E-state index in [-0.39, 0.29) is 32.3 Å². The van der Waals surface area contributed by atoms with Crippen molar-refractivity contribution in [1.82, 2.24) is 19.9 Å². The van der Waals surface area contributed by atoms with Crippen LogP contribution >= 0.6 is 0 Å². The van der Waals surface area contributed by atoms with Crippen molar-refractivity contribution in [1.29, 1.82) is 0 Å². The Hall–Kier alpha value is -8.46. The number of aromatic nitrogens is 4. The summed E-state index contributed by atoms with van der Waals surface area (Å²) in [5.74, 6) is 0.0854. The standard InChI is InChI=1S/C70H48N4.Pd/c1-39(2)59-63-51-31-43-23-11-12-24-44(43)32-52(51)64(71-63)60(40(3)4)66-54-34-46-26-14-16-28-48(46)36-56(54)68(73-66)62(42-21-9-6-10-22-42)70-58-38-50-30-18-17-29-49(50)37-57(58)69(74-70)61(41-19-7-5-8-20-41)67-55-35-47-27-15-13-25-45(47)33-53(55)65(59)72-67;/h5-40H,1-4H3;/q-2;+2. The zero-order chi connectivity index (χ0) is 49.3.